The van der Waals surface area contributed by atoms with Crippen LogP contribution in [0, 0.1) is 12.8 Å². The average Bonchev–Trinajstić information content (AvgIpc) is 2.99. The van der Waals surface area contributed by atoms with Crippen LogP contribution in [0.15, 0.2) is 41.1 Å². The Morgan fingerprint density at radius 1 is 1.19 bits per heavy atom. The molecule has 0 unspecified atom stereocenters. The van der Waals surface area contributed by atoms with Gasteiger partial charge < -0.3 is 14.1 Å². The fourth-order valence-corrected chi connectivity index (χ4v) is 3.90. The van der Waals surface area contributed by atoms with Crippen molar-refractivity contribution in [3.63, 3.8) is 0 Å². The van der Waals surface area contributed by atoms with Gasteiger partial charge in [0.2, 0.25) is 0 Å². The third-order valence-electron chi connectivity index (χ3n) is 5.32. The number of hydrogen-bond donors (Lipinski definition) is 0. The van der Waals surface area contributed by atoms with Crippen LogP contribution in [0.3, 0.4) is 0 Å². The molecular formula is C20H25N3O3. The molecule has 6 nitrogen and oxygen atoms in total. The number of nitrogens with zero attached hydrogens (tertiary/aromatic N) is 3. The van der Waals surface area contributed by atoms with E-state index in [1.807, 2.05) is 30.3 Å². The van der Waals surface area contributed by atoms with E-state index in [1.54, 1.807) is 6.07 Å². The fraction of sp³-hybridized carbons (Fsp3) is 0.500. The van der Waals surface area contributed by atoms with Crippen molar-refractivity contribution < 1.29 is 13.9 Å². The third-order valence-corrected chi connectivity index (χ3v) is 5.32. The molecule has 2 aromatic rings. The lowest BCUT2D eigenvalue weighted by Crippen LogP contribution is -2.49. The third kappa shape index (κ3) is 3.81. The van der Waals surface area contributed by atoms with Gasteiger partial charge in [0.05, 0.1) is 12.7 Å². The summed E-state index contributed by atoms with van der Waals surface area (Å²) in [4.78, 5) is 21.0. The van der Waals surface area contributed by atoms with Crippen LogP contribution in [-0.4, -0.2) is 59.6 Å². The first-order valence-electron chi connectivity index (χ1n) is 9.27. The van der Waals surface area contributed by atoms with Crippen molar-refractivity contribution in [1.82, 2.24) is 14.8 Å². The minimum absolute atomic E-state index is 0.0296. The summed E-state index contributed by atoms with van der Waals surface area (Å²) in [6.45, 7) is 6.81. The smallest absolute Gasteiger partial charge is 0.289 e. The minimum Gasteiger partial charge on any atom is -0.456 e. The molecule has 2 aliphatic heterocycles. The lowest BCUT2D eigenvalue weighted by atomic mass is 9.93. The van der Waals surface area contributed by atoms with E-state index in [4.69, 9.17) is 9.15 Å². The number of hydrogen-bond acceptors (Lipinski definition) is 5. The SMILES string of the molecule is Cc1ccc(C(=O)N2CC[C@H]3CN(Cc4ccncc4)CCO[C@H]3C2)o1. The number of rotatable bonds is 3. The molecule has 2 fully saturated rings. The van der Waals surface area contributed by atoms with Crippen molar-refractivity contribution in [2.75, 3.05) is 32.8 Å². The molecule has 2 aromatic heterocycles. The lowest BCUT2D eigenvalue weighted by molar-refractivity contribution is -0.0179. The second-order valence-corrected chi connectivity index (χ2v) is 7.21. The summed E-state index contributed by atoms with van der Waals surface area (Å²) in [5, 5.41) is 0. The van der Waals surface area contributed by atoms with E-state index in [0.29, 0.717) is 24.8 Å². The van der Waals surface area contributed by atoms with Crippen molar-refractivity contribution in [2.45, 2.75) is 26.0 Å². The van der Waals surface area contributed by atoms with E-state index in [1.165, 1.54) is 5.56 Å². The molecule has 0 saturated carbocycles. The van der Waals surface area contributed by atoms with Gasteiger partial charge in [-0.15, -0.1) is 0 Å². The van der Waals surface area contributed by atoms with Crippen LogP contribution in [0.5, 0.6) is 0 Å². The van der Waals surface area contributed by atoms with Crippen LogP contribution >= 0.6 is 0 Å². The highest BCUT2D eigenvalue weighted by Crippen LogP contribution is 2.26. The van der Waals surface area contributed by atoms with Gasteiger partial charge in [-0.05, 0) is 43.2 Å². The number of carbonyl (C=O) groups is 1. The summed E-state index contributed by atoms with van der Waals surface area (Å²) in [5.41, 5.74) is 1.28. The van der Waals surface area contributed by atoms with Crippen LogP contribution in [0.4, 0.5) is 0 Å². The van der Waals surface area contributed by atoms with Crippen molar-refractivity contribution in [3.8, 4) is 0 Å². The number of likely N-dealkylation sites (tertiary alicyclic amines) is 1. The lowest BCUT2D eigenvalue weighted by Gasteiger charge is -2.37. The first-order chi connectivity index (χ1) is 12.7. The maximum absolute atomic E-state index is 12.6. The largest absolute Gasteiger partial charge is 0.456 e. The van der Waals surface area contributed by atoms with Gasteiger partial charge in [0.25, 0.3) is 5.91 Å². The molecule has 0 bridgehead atoms. The zero-order chi connectivity index (χ0) is 17.9. The molecule has 0 aromatic carbocycles. The highest BCUT2D eigenvalue weighted by atomic mass is 16.5. The number of carbonyl (C=O) groups excluding carboxylic acids is 1. The molecule has 0 spiro atoms. The summed E-state index contributed by atoms with van der Waals surface area (Å²) in [5.74, 6) is 1.62. The zero-order valence-corrected chi connectivity index (χ0v) is 15.1. The van der Waals surface area contributed by atoms with Gasteiger partial charge in [0, 0.05) is 51.0 Å². The summed E-state index contributed by atoms with van der Waals surface area (Å²) in [7, 11) is 0. The predicted octanol–water partition coefficient (Wildman–Crippen LogP) is 2.35. The Morgan fingerprint density at radius 2 is 2.04 bits per heavy atom. The number of furan rings is 1. The van der Waals surface area contributed by atoms with Gasteiger partial charge >= 0.3 is 0 Å². The van der Waals surface area contributed by atoms with Crippen molar-refractivity contribution in [2.24, 2.45) is 5.92 Å². The van der Waals surface area contributed by atoms with Gasteiger partial charge in [-0.2, -0.15) is 0 Å². The Morgan fingerprint density at radius 3 is 2.81 bits per heavy atom. The molecule has 6 heteroatoms. The number of aromatic nitrogens is 1. The van der Waals surface area contributed by atoms with E-state index < -0.39 is 0 Å². The van der Waals surface area contributed by atoms with Crippen LogP contribution in [0.1, 0.15) is 28.3 Å². The van der Waals surface area contributed by atoms with Crippen molar-refractivity contribution in [1.29, 1.82) is 0 Å². The molecule has 2 atom stereocenters. The first-order valence-corrected chi connectivity index (χ1v) is 9.27. The monoisotopic (exact) mass is 355 g/mol. The molecule has 0 N–H and O–H groups in total. The Labute approximate surface area is 153 Å². The van der Waals surface area contributed by atoms with E-state index >= 15 is 0 Å². The molecule has 138 valence electrons. The summed E-state index contributed by atoms with van der Waals surface area (Å²) >= 11 is 0. The van der Waals surface area contributed by atoms with Crippen LogP contribution in [0.25, 0.3) is 0 Å². The number of piperidine rings is 1. The molecule has 1 amide bonds. The normalized spacial score (nSPS) is 24.1. The van der Waals surface area contributed by atoms with Crippen molar-refractivity contribution in [3.05, 3.63) is 53.7 Å². The molecule has 2 saturated heterocycles. The first kappa shape index (κ1) is 17.2. The van der Waals surface area contributed by atoms with Gasteiger partial charge in [-0.25, -0.2) is 0 Å². The van der Waals surface area contributed by atoms with E-state index in [2.05, 4.69) is 22.0 Å². The maximum Gasteiger partial charge on any atom is 0.289 e. The molecule has 0 radical (unpaired) electrons. The van der Waals surface area contributed by atoms with Crippen LogP contribution < -0.4 is 0 Å². The number of fused-ring (bicyclic) bond motifs is 1. The molecule has 4 heterocycles. The van der Waals surface area contributed by atoms with Gasteiger partial charge in [0.15, 0.2) is 5.76 Å². The molecule has 2 aliphatic rings. The highest BCUT2D eigenvalue weighted by molar-refractivity contribution is 5.91. The minimum atomic E-state index is -0.0296. The number of aryl methyl sites for hydroxylation is 1. The summed E-state index contributed by atoms with van der Waals surface area (Å²) < 4.78 is 11.6. The Hall–Kier alpha value is -2.18. The van der Waals surface area contributed by atoms with Crippen molar-refractivity contribution >= 4 is 5.91 Å². The standard InChI is InChI=1S/C20H25N3O3/c1-15-2-3-18(26-15)20(24)23-9-6-17-13-22(10-11-25-19(17)14-23)12-16-4-7-21-8-5-16/h2-5,7-8,17,19H,6,9-14H2,1H3/t17-,19-/m0/s1. The number of pyridine rings is 1. The molecule has 26 heavy (non-hydrogen) atoms. The summed E-state index contributed by atoms with van der Waals surface area (Å²) in [6, 6.07) is 7.72. The van der Waals surface area contributed by atoms with E-state index in [9.17, 15) is 4.79 Å². The Bertz CT molecular complexity index is 746. The van der Waals surface area contributed by atoms with Gasteiger partial charge in [-0.1, -0.05) is 0 Å². The van der Waals surface area contributed by atoms with Crippen LogP contribution in [0.2, 0.25) is 0 Å². The Kier molecular flexibility index (Phi) is 5.04. The average molecular weight is 355 g/mol. The fourth-order valence-electron chi connectivity index (χ4n) is 3.90. The highest BCUT2D eigenvalue weighted by Gasteiger charge is 2.35. The number of ether oxygens (including phenoxy) is 1. The quantitative estimate of drug-likeness (QED) is 0.846. The van der Waals surface area contributed by atoms with Gasteiger partial charge in [0.1, 0.15) is 5.76 Å². The van der Waals surface area contributed by atoms with Crippen LogP contribution in [-0.2, 0) is 11.3 Å². The summed E-state index contributed by atoms with van der Waals surface area (Å²) in [6.07, 6.45) is 4.74. The number of amides is 1. The molecular weight excluding hydrogens is 330 g/mol. The zero-order valence-electron chi connectivity index (χ0n) is 15.1. The second-order valence-electron chi connectivity index (χ2n) is 7.21. The Balaban J connectivity index is 1.38. The van der Waals surface area contributed by atoms with E-state index in [-0.39, 0.29) is 12.0 Å². The van der Waals surface area contributed by atoms with Gasteiger partial charge in [-0.3, -0.25) is 14.7 Å². The molecule has 4 rings (SSSR count). The topological polar surface area (TPSA) is 58.8 Å². The maximum atomic E-state index is 12.6. The van der Waals surface area contributed by atoms with E-state index in [0.717, 1.165) is 38.4 Å². The molecule has 0 aliphatic carbocycles. The predicted molar refractivity (Wildman–Crippen MR) is 96.7 cm³/mol. The second kappa shape index (κ2) is 7.60.